The Morgan fingerprint density at radius 3 is 1.17 bits per heavy atom. The van der Waals surface area contributed by atoms with Crippen molar-refractivity contribution in [3.8, 4) is 22.3 Å². The first-order valence-corrected chi connectivity index (χ1v) is 16.0. The summed E-state index contributed by atoms with van der Waals surface area (Å²) in [6, 6.07) is 62.8. The van der Waals surface area contributed by atoms with Crippen LogP contribution in [0.1, 0.15) is 0 Å². The highest BCUT2D eigenvalue weighted by Crippen LogP contribution is 2.45. The quantitative estimate of drug-likeness (QED) is 0.178. The normalized spacial score (nSPS) is 11.9. The van der Waals surface area contributed by atoms with E-state index >= 15 is 0 Å². The maximum Gasteiger partial charge on any atom is -0.00139 e. The average Bonchev–Trinajstić information content (AvgIpc) is 3.14. The van der Waals surface area contributed by atoms with Crippen LogP contribution in [0.5, 0.6) is 0 Å². The summed E-state index contributed by atoms with van der Waals surface area (Å²) in [6.07, 6.45) is 0. The molecule has 0 aromatic heterocycles. The molecule has 10 rings (SSSR count). The average molecular weight is 581 g/mol. The van der Waals surface area contributed by atoms with Gasteiger partial charge in [-0.05, 0) is 110 Å². The largest absolute Gasteiger partial charge is 0.0616 e. The van der Waals surface area contributed by atoms with Crippen molar-refractivity contribution in [2.24, 2.45) is 0 Å². The first-order valence-electron chi connectivity index (χ1n) is 16.0. The van der Waals surface area contributed by atoms with Crippen molar-refractivity contribution in [3.05, 3.63) is 170 Å². The fraction of sp³-hybridized carbons (Fsp3) is 0. The van der Waals surface area contributed by atoms with Crippen molar-refractivity contribution in [3.63, 3.8) is 0 Å². The van der Waals surface area contributed by atoms with Gasteiger partial charge in [-0.3, -0.25) is 0 Å². The summed E-state index contributed by atoms with van der Waals surface area (Å²) in [5, 5.41) is 18.2. The number of hydrogen-bond donors (Lipinski definition) is 0. The van der Waals surface area contributed by atoms with Gasteiger partial charge >= 0.3 is 0 Å². The van der Waals surface area contributed by atoms with E-state index in [-0.39, 0.29) is 0 Å². The van der Waals surface area contributed by atoms with E-state index in [1.807, 2.05) is 0 Å². The van der Waals surface area contributed by atoms with Crippen molar-refractivity contribution < 1.29 is 0 Å². The lowest BCUT2D eigenvalue weighted by Gasteiger charge is -2.17. The van der Waals surface area contributed by atoms with E-state index in [0.717, 1.165) is 0 Å². The Balaban J connectivity index is 1.27. The summed E-state index contributed by atoms with van der Waals surface area (Å²) < 4.78 is 0. The fourth-order valence-electron chi connectivity index (χ4n) is 7.95. The van der Waals surface area contributed by atoms with Gasteiger partial charge in [-0.1, -0.05) is 158 Å². The van der Waals surface area contributed by atoms with Gasteiger partial charge in [0.1, 0.15) is 0 Å². The van der Waals surface area contributed by atoms with Crippen LogP contribution in [0, 0.1) is 0 Å². The topological polar surface area (TPSA) is 0 Å². The molecule has 212 valence electrons. The second-order valence-corrected chi connectivity index (χ2v) is 12.4. The van der Waals surface area contributed by atoms with E-state index in [1.165, 1.54) is 97.7 Å². The lowest BCUT2D eigenvalue weighted by Crippen LogP contribution is -1.90. The Hall–Kier alpha value is -5.98. The predicted octanol–water partition coefficient (Wildman–Crippen LogP) is 13.1. The number of benzene rings is 10. The van der Waals surface area contributed by atoms with Gasteiger partial charge < -0.3 is 0 Å². The van der Waals surface area contributed by atoms with Crippen LogP contribution in [-0.4, -0.2) is 0 Å². The first-order chi connectivity index (χ1) is 22.8. The summed E-state index contributed by atoms with van der Waals surface area (Å²) in [5.41, 5.74) is 5.01. The van der Waals surface area contributed by atoms with Crippen molar-refractivity contribution in [2.45, 2.75) is 0 Å². The molecule has 0 unspecified atom stereocenters. The summed E-state index contributed by atoms with van der Waals surface area (Å²) in [4.78, 5) is 0. The summed E-state index contributed by atoms with van der Waals surface area (Å²) in [6.45, 7) is 0. The molecule has 10 aromatic rings. The van der Waals surface area contributed by atoms with Crippen LogP contribution < -0.4 is 0 Å². The monoisotopic (exact) mass is 580 g/mol. The molecule has 0 fully saturated rings. The Kier molecular flexibility index (Phi) is 5.38. The predicted molar refractivity (Wildman–Crippen MR) is 200 cm³/mol. The molecule has 0 spiro atoms. The van der Waals surface area contributed by atoms with Gasteiger partial charge in [-0.2, -0.15) is 0 Å². The van der Waals surface area contributed by atoms with Crippen LogP contribution in [-0.2, 0) is 0 Å². The van der Waals surface area contributed by atoms with Gasteiger partial charge in [-0.25, -0.2) is 0 Å². The number of hydrogen-bond acceptors (Lipinski definition) is 0. The van der Waals surface area contributed by atoms with Crippen LogP contribution in [0.3, 0.4) is 0 Å². The molecule has 0 nitrogen and oxygen atoms in total. The highest BCUT2D eigenvalue weighted by molar-refractivity contribution is 6.39. The van der Waals surface area contributed by atoms with Crippen LogP contribution in [0.25, 0.3) is 97.7 Å². The molecule has 46 heavy (non-hydrogen) atoms. The molecule has 10 aromatic carbocycles. The standard InChI is InChI=1S/C46H28/c1-2-12-30-27-31(22-21-29(30)11-1)33-25-26-34(36-14-4-3-13-35(33)36)32-23-24-43-44(28-32)39-17-7-10-20-42(39)45-40-18-8-5-15-37(40)38-16-6-9-19-41(38)46(43)45/h1-28H. The molecule has 0 heteroatoms. The van der Waals surface area contributed by atoms with Gasteiger partial charge in [0.25, 0.3) is 0 Å². The smallest absolute Gasteiger partial charge is 0.00139 e. The molecule has 0 amide bonds. The lowest BCUT2D eigenvalue weighted by molar-refractivity contribution is 1.66. The SMILES string of the molecule is c1ccc2cc(-c3ccc(-c4ccc5c(c4)c4ccccc4c4c6ccccc6c6ccccc6c54)c4ccccc34)ccc2c1. The second-order valence-electron chi connectivity index (χ2n) is 12.4. The van der Waals surface area contributed by atoms with Crippen LogP contribution in [0.15, 0.2) is 170 Å². The minimum absolute atomic E-state index is 1.24. The zero-order valence-electron chi connectivity index (χ0n) is 25.2. The summed E-state index contributed by atoms with van der Waals surface area (Å²) in [5.74, 6) is 0. The molecule has 0 saturated heterocycles. The van der Waals surface area contributed by atoms with Gasteiger partial charge in [0.05, 0.1) is 0 Å². The molecule has 0 aliphatic heterocycles. The van der Waals surface area contributed by atoms with E-state index in [4.69, 9.17) is 0 Å². The third-order valence-corrected chi connectivity index (χ3v) is 10.0. The molecule has 0 heterocycles. The Labute approximate surface area is 266 Å². The highest BCUT2D eigenvalue weighted by Gasteiger charge is 2.17. The van der Waals surface area contributed by atoms with Gasteiger partial charge in [-0.15, -0.1) is 0 Å². The minimum atomic E-state index is 1.24. The maximum atomic E-state index is 2.43. The number of rotatable bonds is 2. The molecule has 0 atom stereocenters. The summed E-state index contributed by atoms with van der Waals surface area (Å²) in [7, 11) is 0. The van der Waals surface area contributed by atoms with Gasteiger partial charge in [0.15, 0.2) is 0 Å². The van der Waals surface area contributed by atoms with Crippen LogP contribution in [0.4, 0.5) is 0 Å². The Bertz CT molecular complexity index is 2850. The van der Waals surface area contributed by atoms with E-state index in [2.05, 4.69) is 170 Å². The van der Waals surface area contributed by atoms with Crippen LogP contribution >= 0.6 is 0 Å². The molecule has 0 radical (unpaired) electrons. The third kappa shape index (κ3) is 3.62. The van der Waals surface area contributed by atoms with Crippen molar-refractivity contribution >= 4 is 75.4 Å². The second kappa shape index (κ2) is 9.76. The van der Waals surface area contributed by atoms with Gasteiger partial charge in [0, 0.05) is 0 Å². The fourth-order valence-corrected chi connectivity index (χ4v) is 7.95. The van der Waals surface area contributed by atoms with E-state index in [9.17, 15) is 0 Å². The molecule has 0 saturated carbocycles. The molecular weight excluding hydrogens is 553 g/mol. The summed E-state index contributed by atoms with van der Waals surface area (Å²) >= 11 is 0. The molecule has 0 aliphatic rings. The van der Waals surface area contributed by atoms with Crippen molar-refractivity contribution in [1.29, 1.82) is 0 Å². The molecule has 0 bridgehead atoms. The Morgan fingerprint density at radius 1 is 0.217 bits per heavy atom. The lowest BCUT2D eigenvalue weighted by atomic mass is 9.85. The van der Waals surface area contributed by atoms with Crippen LogP contribution in [0.2, 0.25) is 0 Å². The minimum Gasteiger partial charge on any atom is -0.0616 e. The van der Waals surface area contributed by atoms with Crippen molar-refractivity contribution in [1.82, 2.24) is 0 Å². The van der Waals surface area contributed by atoms with E-state index in [1.54, 1.807) is 0 Å². The molecular formula is C46H28. The first kappa shape index (κ1) is 25.4. The van der Waals surface area contributed by atoms with Gasteiger partial charge in [0.2, 0.25) is 0 Å². The maximum absolute atomic E-state index is 2.43. The Morgan fingerprint density at radius 2 is 0.609 bits per heavy atom. The zero-order chi connectivity index (χ0) is 30.2. The zero-order valence-corrected chi connectivity index (χ0v) is 25.2. The molecule has 0 N–H and O–H groups in total. The number of fused-ring (bicyclic) bond motifs is 13. The van der Waals surface area contributed by atoms with E-state index in [0.29, 0.717) is 0 Å². The highest BCUT2D eigenvalue weighted by atomic mass is 14.2. The van der Waals surface area contributed by atoms with Crippen molar-refractivity contribution in [2.75, 3.05) is 0 Å². The third-order valence-electron chi connectivity index (χ3n) is 10.0. The molecule has 0 aliphatic carbocycles. The van der Waals surface area contributed by atoms with E-state index < -0.39 is 0 Å².